The standard InChI is InChI=1S/C15H11FN4/c1-9-14(11-3-5-13(16)6-4-11)10(2)20-15(19-9)12(7-17)8-18-20/h3-6,8H,1-2H3. The summed E-state index contributed by atoms with van der Waals surface area (Å²) in [5.74, 6) is -0.274. The highest BCUT2D eigenvalue weighted by atomic mass is 19.1. The molecule has 0 saturated carbocycles. The molecule has 0 saturated heterocycles. The summed E-state index contributed by atoms with van der Waals surface area (Å²) in [5.41, 5.74) is 4.45. The molecule has 5 heteroatoms. The quantitative estimate of drug-likeness (QED) is 0.680. The molecule has 3 rings (SSSR count). The fourth-order valence-electron chi connectivity index (χ4n) is 2.39. The molecule has 0 spiro atoms. The Hall–Kier alpha value is -2.74. The molecule has 98 valence electrons. The third kappa shape index (κ3) is 1.74. The topological polar surface area (TPSA) is 54.0 Å². The highest BCUT2D eigenvalue weighted by Gasteiger charge is 2.14. The van der Waals surface area contributed by atoms with E-state index in [-0.39, 0.29) is 5.82 Å². The lowest BCUT2D eigenvalue weighted by Gasteiger charge is -2.11. The van der Waals surface area contributed by atoms with Crippen molar-refractivity contribution in [1.82, 2.24) is 14.6 Å². The molecule has 0 aliphatic carbocycles. The van der Waals surface area contributed by atoms with Crippen molar-refractivity contribution in [2.24, 2.45) is 0 Å². The number of fused-ring (bicyclic) bond motifs is 1. The van der Waals surface area contributed by atoms with Gasteiger partial charge >= 0.3 is 0 Å². The van der Waals surface area contributed by atoms with Crippen molar-refractivity contribution in [2.75, 3.05) is 0 Å². The van der Waals surface area contributed by atoms with Gasteiger partial charge in [-0.3, -0.25) is 0 Å². The fraction of sp³-hybridized carbons (Fsp3) is 0.133. The first-order valence-electron chi connectivity index (χ1n) is 6.13. The van der Waals surface area contributed by atoms with Crippen molar-refractivity contribution in [1.29, 1.82) is 5.26 Å². The van der Waals surface area contributed by atoms with Gasteiger partial charge in [-0.05, 0) is 31.5 Å². The first kappa shape index (κ1) is 12.3. The van der Waals surface area contributed by atoms with Gasteiger partial charge in [0.25, 0.3) is 0 Å². The molecule has 0 N–H and O–H groups in total. The van der Waals surface area contributed by atoms with E-state index in [4.69, 9.17) is 5.26 Å². The van der Waals surface area contributed by atoms with Gasteiger partial charge in [0.05, 0.1) is 11.9 Å². The van der Waals surface area contributed by atoms with Gasteiger partial charge in [0.1, 0.15) is 17.4 Å². The predicted octanol–water partition coefficient (Wildman–Crippen LogP) is 3.02. The average molecular weight is 266 g/mol. The summed E-state index contributed by atoms with van der Waals surface area (Å²) in [6.07, 6.45) is 1.50. The minimum absolute atomic E-state index is 0.274. The van der Waals surface area contributed by atoms with Crippen LogP contribution in [0.4, 0.5) is 4.39 Å². The lowest BCUT2D eigenvalue weighted by atomic mass is 10.0. The van der Waals surface area contributed by atoms with Crippen molar-refractivity contribution in [2.45, 2.75) is 13.8 Å². The molecule has 2 heterocycles. The molecule has 0 bridgehead atoms. The van der Waals surface area contributed by atoms with Crippen LogP contribution in [0.5, 0.6) is 0 Å². The van der Waals surface area contributed by atoms with Crippen LogP contribution in [0.25, 0.3) is 16.8 Å². The van der Waals surface area contributed by atoms with Crippen LogP contribution < -0.4 is 0 Å². The number of nitrogens with zero attached hydrogens (tertiary/aromatic N) is 4. The van der Waals surface area contributed by atoms with Gasteiger partial charge < -0.3 is 0 Å². The molecule has 0 atom stereocenters. The SMILES string of the molecule is Cc1nc2c(C#N)cnn2c(C)c1-c1ccc(F)cc1. The lowest BCUT2D eigenvalue weighted by Crippen LogP contribution is -2.02. The first-order valence-corrected chi connectivity index (χ1v) is 6.13. The molecule has 0 unspecified atom stereocenters. The minimum Gasteiger partial charge on any atom is -0.232 e. The Morgan fingerprint density at radius 2 is 1.90 bits per heavy atom. The van der Waals surface area contributed by atoms with Crippen molar-refractivity contribution in [3.8, 4) is 17.2 Å². The molecule has 2 aromatic heterocycles. The van der Waals surface area contributed by atoms with E-state index in [1.54, 1.807) is 16.6 Å². The van der Waals surface area contributed by atoms with E-state index in [2.05, 4.69) is 16.2 Å². The molecule has 0 amide bonds. The summed E-state index contributed by atoms with van der Waals surface area (Å²) in [5, 5.41) is 13.2. The number of aryl methyl sites for hydroxylation is 2. The number of halogens is 1. The maximum atomic E-state index is 13.0. The van der Waals surface area contributed by atoms with Gasteiger partial charge in [-0.15, -0.1) is 0 Å². The second-order valence-corrected chi connectivity index (χ2v) is 4.57. The van der Waals surface area contributed by atoms with Crippen LogP contribution >= 0.6 is 0 Å². The zero-order valence-electron chi connectivity index (χ0n) is 11.1. The monoisotopic (exact) mass is 266 g/mol. The van der Waals surface area contributed by atoms with E-state index < -0.39 is 0 Å². The maximum Gasteiger partial charge on any atom is 0.173 e. The summed E-state index contributed by atoms with van der Waals surface area (Å²) >= 11 is 0. The van der Waals surface area contributed by atoms with Crippen LogP contribution in [-0.4, -0.2) is 14.6 Å². The highest BCUT2D eigenvalue weighted by molar-refractivity contribution is 5.71. The van der Waals surface area contributed by atoms with E-state index in [1.165, 1.54) is 18.3 Å². The van der Waals surface area contributed by atoms with Crippen LogP contribution in [0.2, 0.25) is 0 Å². The van der Waals surface area contributed by atoms with Gasteiger partial charge in [0, 0.05) is 11.3 Å². The van der Waals surface area contributed by atoms with Crippen LogP contribution in [-0.2, 0) is 0 Å². The Kier molecular flexibility index (Phi) is 2.72. The average Bonchev–Trinajstić information content (AvgIpc) is 2.84. The molecule has 0 fully saturated rings. The Labute approximate surface area is 115 Å². The Morgan fingerprint density at radius 3 is 2.55 bits per heavy atom. The van der Waals surface area contributed by atoms with Gasteiger partial charge in [0.2, 0.25) is 0 Å². The normalized spacial score (nSPS) is 10.7. The van der Waals surface area contributed by atoms with E-state index >= 15 is 0 Å². The van der Waals surface area contributed by atoms with Crippen LogP contribution in [0, 0.1) is 31.0 Å². The molecule has 3 aromatic rings. The third-order valence-electron chi connectivity index (χ3n) is 3.31. The number of nitriles is 1. The Bertz CT molecular complexity index is 841. The second kappa shape index (κ2) is 4.42. The van der Waals surface area contributed by atoms with Gasteiger partial charge in [-0.1, -0.05) is 12.1 Å². The predicted molar refractivity (Wildman–Crippen MR) is 72.6 cm³/mol. The van der Waals surface area contributed by atoms with Gasteiger partial charge in [-0.25, -0.2) is 13.9 Å². The smallest absolute Gasteiger partial charge is 0.173 e. The van der Waals surface area contributed by atoms with E-state index in [0.29, 0.717) is 11.2 Å². The minimum atomic E-state index is -0.274. The van der Waals surface area contributed by atoms with E-state index in [1.807, 2.05) is 13.8 Å². The molecule has 1 aromatic carbocycles. The molecule has 20 heavy (non-hydrogen) atoms. The second-order valence-electron chi connectivity index (χ2n) is 4.57. The van der Waals surface area contributed by atoms with E-state index in [9.17, 15) is 4.39 Å². The third-order valence-corrected chi connectivity index (χ3v) is 3.31. The lowest BCUT2D eigenvalue weighted by molar-refractivity contribution is 0.628. The summed E-state index contributed by atoms with van der Waals surface area (Å²) in [4.78, 5) is 4.45. The Morgan fingerprint density at radius 1 is 1.20 bits per heavy atom. The molecule has 4 nitrogen and oxygen atoms in total. The van der Waals surface area contributed by atoms with Crippen LogP contribution in [0.3, 0.4) is 0 Å². The number of aromatic nitrogens is 3. The Balaban J connectivity index is 2.32. The van der Waals surface area contributed by atoms with Crippen molar-refractivity contribution in [3.05, 3.63) is 53.2 Å². The molecule has 0 radical (unpaired) electrons. The molecular weight excluding hydrogens is 255 g/mol. The fourth-order valence-corrected chi connectivity index (χ4v) is 2.39. The number of rotatable bonds is 1. The van der Waals surface area contributed by atoms with Gasteiger partial charge in [-0.2, -0.15) is 10.4 Å². The number of hydrogen-bond acceptors (Lipinski definition) is 3. The van der Waals surface area contributed by atoms with Crippen LogP contribution in [0.1, 0.15) is 17.0 Å². The summed E-state index contributed by atoms with van der Waals surface area (Å²) in [7, 11) is 0. The van der Waals surface area contributed by atoms with Gasteiger partial charge in [0.15, 0.2) is 5.65 Å². The zero-order chi connectivity index (χ0) is 14.3. The highest BCUT2D eigenvalue weighted by Crippen LogP contribution is 2.27. The van der Waals surface area contributed by atoms with Crippen molar-refractivity contribution in [3.63, 3.8) is 0 Å². The van der Waals surface area contributed by atoms with Crippen molar-refractivity contribution < 1.29 is 4.39 Å². The maximum absolute atomic E-state index is 13.0. The largest absolute Gasteiger partial charge is 0.232 e. The zero-order valence-corrected chi connectivity index (χ0v) is 11.1. The van der Waals surface area contributed by atoms with E-state index in [0.717, 1.165) is 22.5 Å². The first-order chi connectivity index (χ1) is 9.61. The summed E-state index contributed by atoms with van der Waals surface area (Å²) < 4.78 is 14.7. The van der Waals surface area contributed by atoms with Crippen molar-refractivity contribution >= 4 is 5.65 Å². The number of hydrogen-bond donors (Lipinski definition) is 0. The van der Waals surface area contributed by atoms with Crippen LogP contribution in [0.15, 0.2) is 30.5 Å². The molecule has 0 aliphatic rings. The number of benzene rings is 1. The molecule has 0 aliphatic heterocycles. The summed E-state index contributed by atoms with van der Waals surface area (Å²) in [6.45, 7) is 3.79. The molecular formula is C15H11FN4. The summed E-state index contributed by atoms with van der Waals surface area (Å²) in [6, 6.07) is 8.34.